The van der Waals surface area contributed by atoms with Crippen molar-refractivity contribution < 1.29 is 4.74 Å². The van der Waals surface area contributed by atoms with Gasteiger partial charge in [-0.2, -0.15) is 5.26 Å². The molecule has 0 radical (unpaired) electrons. The Morgan fingerprint density at radius 1 is 1.33 bits per heavy atom. The van der Waals surface area contributed by atoms with E-state index < -0.39 is 5.54 Å². The maximum Gasteiger partial charge on any atom is 0.106 e. The van der Waals surface area contributed by atoms with Crippen molar-refractivity contribution in [3.05, 3.63) is 35.4 Å². The second-order valence-electron chi connectivity index (χ2n) is 6.56. The van der Waals surface area contributed by atoms with Gasteiger partial charge < -0.3 is 4.74 Å². The van der Waals surface area contributed by atoms with Gasteiger partial charge in [-0.25, -0.2) is 0 Å². The van der Waals surface area contributed by atoms with Crippen LogP contribution in [0.1, 0.15) is 56.3 Å². The molecule has 0 bridgehead atoms. The van der Waals surface area contributed by atoms with Gasteiger partial charge in [-0.15, -0.1) is 0 Å². The number of aryl methyl sites for hydroxylation is 1. The fourth-order valence-corrected chi connectivity index (χ4v) is 3.13. The van der Waals surface area contributed by atoms with Crippen LogP contribution in [-0.2, 0) is 11.2 Å². The molecule has 0 aliphatic heterocycles. The van der Waals surface area contributed by atoms with Crippen molar-refractivity contribution in [1.29, 1.82) is 5.26 Å². The van der Waals surface area contributed by atoms with Gasteiger partial charge in [0.2, 0.25) is 0 Å². The van der Waals surface area contributed by atoms with E-state index in [-0.39, 0.29) is 6.10 Å². The van der Waals surface area contributed by atoms with Gasteiger partial charge in [0.25, 0.3) is 0 Å². The molecular weight excluding hydrogens is 260 g/mol. The summed E-state index contributed by atoms with van der Waals surface area (Å²) in [6.07, 6.45) is 6.81. The van der Waals surface area contributed by atoms with Gasteiger partial charge in [0.05, 0.1) is 18.8 Å². The summed E-state index contributed by atoms with van der Waals surface area (Å²) in [4.78, 5) is 0. The second kappa shape index (κ2) is 6.17. The van der Waals surface area contributed by atoms with Gasteiger partial charge in [0.1, 0.15) is 5.54 Å². The molecule has 1 saturated carbocycles. The highest BCUT2D eigenvalue weighted by atomic mass is 16.5. The molecule has 2 atom stereocenters. The Kier molecular flexibility index (Phi) is 4.28. The van der Waals surface area contributed by atoms with Crippen LogP contribution in [0.4, 0.5) is 0 Å². The lowest BCUT2D eigenvalue weighted by Crippen LogP contribution is -2.43. The lowest BCUT2D eigenvalue weighted by Gasteiger charge is -2.28. The van der Waals surface area contributed by atoms with Crippen LogP contribution >= 0.6 is 0 Å². The molecule has 2 aliphatic rings. The molecule has 3 nitrogen and oxygen atoms in total. The van der Waals surface area contributed by atoms with Crippen molar-refractivity contribution >= 4 is 0 Å². The van der Waals surface area contributed by atoms with Crippen molar-refractivity contribution in [2.75, 3.05) is 6.61 Å². The summed E-state index contributed by atoms with van der Waals surface area (Å²) in [7, 11) is 0. The Morgan fingerprint density at radius 2 is 2.14 bits per heavy atom. The number of benzene rings is 1. The quantitative estimate of drug-likeness (QED) is 0.869. The summed E-state index contributed by atoms with van der Waals surface area (Å²) < 4.78 is 6.12. The van der Waals surface area contributed by atoms with E-state index in [0.717, 1.165) is 19.3 Å². The maximum atomic E-state index is 9.39. The first kappa shape index (κ1) is 14.6. The van der Waals surface area contributed by atoms with Crippen LogP contribution in [-0.4, -0.2) is 18.2 Å². The predicted molar refractivity (Wildman–Crippen MR) is 82.9 cm³/mol. The Balaban J connectivity index is 1.55. The molecule has 0 saturated heterocycles. The van der Waals surface area contributed by atoms with Crippen LogP contribution in [0, 0.1) is 11.3 Å². The molecule has 21 heavy (non-hydrogen) atoms. The topological polar surface area (TPSA) is 45.0 Å². The molecule has 3 heteroatoms. The molecule has 0 amide bonds. The molecular formula is C18H24N2O. The summed E-state index contributed by atoms with van der Waals surface area (Å²) in [5.41, 5.74) is 2.32. The molecule has 112 valence electrons. The lowest BCUT2D eigenvalue weighted by atomic mass is 9.89. The van der Waals surface area contributed by atoms with E-state index in [2.05, 4.69) is 35.7 Å². The second-order valence-corrected chi connectivity index (χ2v) is 6.56. The van der Waals surface area contributed by atoms with E-state index in [1.807, 2.05) is 6.92 Å². The molecule has 1 aromatic rings. The Bertz CT molecular complexity index is 532. The Labute approximate surface area is 127 Å². The van der Waals surface area contributed by atoms with E-state index in [9.17, 15) is 5.26 Å². The average Bonchev–Trinajstić information content (AvgIpc) is 3.31. The fraction of sp³-hybridized carbons (Fsp3) is 0.611. The van der Waals surface area contributed by atoms with Crippen molar-refractivity contribution in [1.82, 2.24) is 5.32 Å². The first-order valence-electron chi connectivity index (χ1n) is 8.08. The van der Waals surface area contributed by atoms with E-state index >= 15 is 0 Å². The van der Waals surface area contributed by atoms with Gasteiger partial charge in [-0.3, -0.25) is 5.32 Å². The third-order valence-corrected chi connectivity index (χ3v) is 4.58. The predicted octanol–water partition coefficient (Wildman–Crippen LogP) is 3.50. The number of hydrogen-bond acceptors (Lipinski definition) is 3. The summed E-state index contributed by atoms with van der Waals surface area (Å²) in [6.45, 7) is 2.63. The minimum Gasteiger partial charge on any atom is -0.373 e. The fourth-order valence-electron chi connectivity index (χ4n) is 3.13. The lowest BCUT2D eigenvalue weighted by molar-refractivity contribution is 0.0319. The number of nitrogens with zero attached hydrogens (tertiary/aromatic N) is 1. The van der Waals surface area contributed by atoms with Crippen LogP contribution in [0.3, 0.4) is 0 Å². The van der Waals surface area contributed by atoms with Gasteiger partial charge in [-0.05, 0) is 50.2 Å². The Morgan fingerprint density at radius 3 is 2.90 bits per heavy atom. The highest BCUT2D eigenvalue weighted by molar-refractivity contribution is 5.31. The molecule has 3 rings (SSSR count). The molecule has 2 aliphatic carbocycles. The van der Waals surface area contributed by atoms with Crippen LogP contribution < -0.4 is 5.32 Å². The van der Waals surface area contributed by atoms with E-state index in [1.54, 1.807) is 0 Å². The molecule has 2 unspecified atom stereocenters. The molecule has 0 spiro atoms. The van der Waals surface area contributed by atoms with Crippen molar-refractivity contribution in [2.45, 2.75) is 63.1 Å². The molecule has 1 fully saturated rings. The molecule has 1 N–H and O–H groups in total. The van der Waals surface area contributed by atoms with Crippen LogP contribution in [0.5, 0.6) is 0 Å². The zero-order chi connectivity index (χ0) is 14.7. The number of fused-ring (bicyclic) bond motifs is 1. The first-order valence-corrected chi connectivity index (χ1v) is 8.08. The summed E-state index contributed by atoms with van der Waals surface area (Å²) >= 11 is 0. The Hall–Kier alpha value is -1.37. The number of rotatable bonds is 6. The van der Waals surface area contributed by atoms with Gasteiger partial charge in [0, 0.05) is 12.5 Å². The SMILES string of the molecule is CC(C#N)(CCOC1CCCc2ccccc21)NC1CC1. The number of hydrogen-bond donors (Lipinski definition) is 1. The van der Waals surface area contributed by atoms with Crippen LogP contribution in [0.15, 0.2) is 24.3 Å². The van der Waals surface area contributed by atoms with Gasteiger partial charge in [-0.1, -0.05) is 24.3 Å². The summed E-state index contributed by atoms with van der Waals surface area (Å²) in [5.74, 6) is 0. The van der Waals surface area contributed by atoms with Crippen molar-refractivity contribution in [2.24, 2.45) is 0 Å². The first-order chi connectivity index (χ1) is 10.2. The molecule has 1 aromatic carbocycles. The van der Waals surface area contributed by atoms with Crippen LogP contribution in [0.2, 0.25) is 0 Å². The van der Waals surface area contributed by atoms with E-state index in [1.165, 1.54) is 30.4 Å². The smallest absolute Gasteiger partial charge is 0.106 e. The summed E-state index contributed by atoms with van der Waals surface area (Å²) in [5, 5.41) is 12.8. The van der Waals surface area contributed by atoms with Gasteiger partial charge in [0.15, 0.2) is 0 Å². The van der Waals surface area contributed by atoms with E-state index in [0.29, 0.717) is 12.6 Å². The van der Waals surface area contributed by atoms with Crippen molar-refractivity contribution in [3.63, 3.8) is 0 Å². The largest absolute Gasteiger partial charge is 0.373 e. The third-order valence-electron chi connectivity index (χ3n) is 4.58. The van der Waals surface area contributed by atoms with E-state index in [4.69, 9.17) is 4.74 Å². The monoisotopic (exact) mass is 284 g/mol. The standard InChI is InChI=1S/C18H24N2O/c1-18(13-19,20-15-9-10-15)11-12-21-17-8-4-6-14-5-2-3-7-16(14)17/h2-3,5,7,15,17,20H,4,6,8-12H2,1H3. The minimum absolute atomic E-state index is 0.207. The number of ether oxygens (including phenoxy) is 1. The number of nitriles is 1. The minimum atomic E-state index is -0.449. The number of nitrogens with one attached hydrogen (secondary N) is 1. The molecule has 0 aromatic heterocycles. The zero-order valence-corrected chi connectivity index (χ0v) is 12.8. The normalized spacial score (nSPS) is 23.9. The summed E-state index contributed by atoms with van der Waals surface area (Å²) in [6, 6.07) is 11.6. The van der Waals surface area contributed by atoms with Crippen molar-refractivity contribution in [3.8, 4) is 6.07 Å². The molecule has 0 heterocycles. The maximum absolute atomic E-state index is 9.39. The average molecular weight is 284 g/mol. The highest BCUT2D eigenvalue weighted by Crippen LogP contribution is 2.32. The highest BCUT2D eigenvalue weighted by Gasteiger charge is 2.32. The van der Waals surface area contributed by atoms with Crippen LogP contribution in [0.25, 0.3) is 0 Å². The third kappa shape index (κ3) is 3.64. The zero-order valence-electron chi connectivity index (χ0n) is 12.8. The van der Waals surface area contributed by atoms with Gasteiger partial charge >= 0.3 is 0 Å².